The summed E-state index contributed by atoms with van der Waals surface area (Å²) in [6.45, 7) is 0.608. The number of amides is 1. The number of hydrogen-bond acceptors (Lipinski definition) is 4. The number of benzene rings is 1. The standard InChI is InChI=1S/C10H12IN3O3/c11-8-6-7(3-4-9(8)14(16)17)13-5-1-2-10(12)15/h3-4,6,13H,1-2,5H2,(H2,12,15). The lowest BCUT2D eigenvalue weighted by Crippen LogP contribution is -2.12. The largest absolute Gasteiger partial charge is 0.385 e. The van der Waals surface area contributed by atoms with Gasteiger partial charge in [0.15, 0.2) is 0 Å². The summed E-state index contributed by atoms with van der Waals surface area (Å²) in [5.41, 5.74) is 5.89. The molecule has 1 amide bonds. The molecule has 92 valence electrons. The molecule has 0 bridgehead atoms. The van der Waals surface area contributed by atoms with Crippen molar-refractivity contribution in [3.8, 4) is 0 Å². The summed E-state index contributed by atoms with van der Waals surface area (Å²) in [7, 11) is 0. The first-order valence-electron chi connectivity index (χ1n) is 4.97. The van der Waals surface area contributed by atoms with E-state index < -0.39 is 4.92 Å². The van der Waals surface area contributed by atoms with Gasteiger partial charge < -0.3 is 11.1 Å². The van der Waals surface area contributed by atoms with Crippen LogP contribution in [-0.2, 0) is 4.79 Å². The lowest BCUT2D eigenvalue weighted by atomic mass is 10.2. The summed E-state index contributed by atoms with van der Waals surface area (Å²) in [6, 6.07) is 4.80. The molecule has 0 fully saturated rings. The van der Waals surface area contributed by atoms with Crippen LogP contribution in [0.15, 0.2) is 18.2 Å². The highest BCUT2D eigenvalue weighted by molar-refractivity contribution is 14.1. The minimum atomic E-state index is -0.418. The summed E-state index contributed by atoms with van der Waals surface area (Å²) in [5.74, 6) is -0.329. The Morgan fingerprint density at radius 3 is 2.76 bits per heavy atom. The van der Waals surface area contributed by atoms with Crippen LogP contribution in [0.5, 0.6) is 0 Å². The van der Waals surface area contributed by atoms with Crippen LogP contribution in [0.4, 0.5) is 11.4 Å². The number of halogens is 1. The van der Waals surface area contributed by atoms with Gasteiger partial charge in [0.05, 0.1) is 8.49 Å². The zero-order valence-corrected chi connectivity index (χ0v) is 11.1. The zero-order chi connectivity index (χ0) is 12.8. The van der Waals surface area contributed by atoms with Crippen molar-refractivity contribution >= 4 is 39.9 Å². The Kier molecular flexibility index (Phi) is 5.13. The fraction of sp³-hybridized carbons (Fsp3) is 0.300. The van der Waals surface area contributed by atoms with Crippen molar-refractivity contribution in [2.75, 3.05) is 11.9 Å². The minimum absolute atomic E-state index is 0.0910. The van der Waals surface area contributed by atoms with Gasteiger partial charge in [-0.1, -0.05) is 0 Å². The third kappa shape index (κ3) is 4.55. The Balaban J connectivity index is 2.53. The van der Waals surface area contributed by atoms with E-state index in [1.807, 2.05) is 22.6 Å². The predicted molar refractivity (Wildman–Crippen MR) is 72.7 cm³/mol. The van der Waals surface area contributed by atoms with Crippen molar-refractivity contribution in [2.45, 2.75) is 12.8 Å². The minimum Gasteiger partial charge on any atom is -0.385 e. The van der Waals surface area contributed by atoms with Gasteiger partial charge in [-0.3, -0.25) is 14.9 Å². The molecule has 0 spiro atoms. The molecule has 0 unspecified atom stereocenters. The van der Waals surface area contributed by atoms with Crippen LogP contribution in [0.25, 0.3) is 0 Å². The number of nitro groups is 1. The van der Waals surface area contributed by atoms with E-state index in [0.717, 1.165) is 5.69 Å². The summed E-state index contributed by atoms with van der Waals surface area (Å²) < 4.78 is 0.576. The first-order valence-corrected chi connectivity index (χ1v) is 6.04. The van der Waals surface area contributed by atoms with E-state index in [1.54, 1.807) is 12.1 Å². The van der Waals surface area contributed by atoms with Crippen LogP contribution in [-0.4, -0.2) is 17.4 Å². The monoisotopic (exact) mass is 349 g/mol. The van der Waals surface area contributed by atoms with Crippen molar-refractivity contribution in [1.29, 1.82) is 0 Å². The van der Waals surface area contributed by atoms with Crippen LogP contribution >= 0.6 is 22.6 Å². The topological polar surface area (TPSA) is 98.3 Å². The number of primary amides is 1. The van der Waals surface area contributed by atoms with Crippen LogP contribution in [0, 0.1) is 13.7 Å². The average Bonchev–Trinajstić information content (AvgIpc) is 2.23. The van der Waals surface area contributed by atoms with Gasteiger partial charge in [-0.2, -0.15) is 0 Å². The molecule has 3 N–H and O–H groups in total. The number of rotatable bonds is 6. The fourth-order valence-corrected chi connectivity index (χ4v) is 1.97. The van der Waals surface area contributed by atoms with E-state index in [-0.39, 0.29) is 11.6 Å². The number of carbonyl (C=O) groups excluding carboxylic acids is 1. The first kappa shape index (κ1) is 13.7. The van der Waals surface area contributed by atoms with Crippen molar-refractivity contribution in [3.05, 3.63) is 31.9 Å². The number of nitrogens with one attached hydrogen (secondary N) is 1. The van der Waals surface area contributed by atoms with Crippen molar-refractivity contribution in [1.82, 2.24) is 0 Å². The van der Waals surface area contributed by atoms with Gasteiger partial charge in [0.1, 0.15) is 0 Å². The van der Waals surface area contributed by atoms with Gasteiger partial charge in [-0.05, 0) is 41.1 Å². The quantitative estimate of drug-likeness (QED) is 0.355. The number of nitro benzene ring substituents is 1. The molecule has 0 atom stereocenters. The molecule has 6 nitrogen and oxygen atoms in total. The van der Waals surface area contributed by atoms with Gasteiger partial charge in [0.2, 0.25) is 5.91 Å². The Labute approximate surface area is 112 Å². The third-order valence-corrected chi connectivity index (χ3v) is 2.94. The molecule has 17 heavy (non-hydrogen) atoms. The Morgan fingerprint density at radius 1 is 1.53 bits per heavy atom. The molecule has 0 saturated heterocycles. The van der Waals surface area contributed by atoms with E-state index in [4.69, 9.17) is 5.73 Å². The highest BCUT2D eigenvalue weighted by Gasteiger charge is 2.11. The smallest absolute Gasteiger partial charge is 0.282 e. The van der Waals surface area contributed by atoms with E-state index in [9.17, 15) is 14.9 Å². The molecule has 0 aliphatic rings. The van der Waals surface area contributed by atoms with E-state index in [2.05, 4.69) is 5.32 Å². The Hall–Kier alpha value is -1.38. The number of anilines is 1. The van der Waals surface area contributed by atoms with Crippen molar-refractivity contribution in [2.24, 2.45) is 5.73 Å². The SMILES string of the molecule is NC(=O)CCCNc1ccc([N+](=O)[O-])c(I)c1. The second kappa shape index (κ2) is 6.38. The van der Waals surface area contributed by atoms with Crippen LogP contribution in [0.2, 0.25) is 0 Å². The highest BCUT2D eigenvalue weighted by atomic mass is 127. The summed E-state index contributed by atoms with van der Waals surface area (Å²) in [4.78, 5) is 20.7. The van der Waals surface area contributed by atoms with Gasteiger partial charge in [0, 0.05) is 24.7 Å². The van der Waals surface area contributed by atoms with Gasteiger partial charge >= 0.3 is 0 Å². The van der Waals surface area contributed by atoms with Crippen molar-refractivity contribution in [3.63, 3.8) is 0 Å². The summed E-state index contributed by atoms with van der Waals surface area (Å²) in [6.07, 6.45) is 0.972. The molecular weight excluding hydrogens is 337 g/mol. The number of hydrogen-bond donors (Lipinski definition) is 2. The van der Waals surface area contributed by atoms with Crippen LogP contribution in [0.1, 0.15) is 12.8 Å². The Bertz CT molecular complexity index is 437. The molecule has 0 heterocycles. The molecular formula is C10H12IN3O3. The maximum Gasteiger partial charge on any atom is 0.282 e. The van der Waals surface area contributed by atoms with Crippen LogP contribution < -0.4 is 11.1 Å². The first-order chi connectivity index (χ1) is 8.00. The number of nitrogens with two attached hydrogens (primary N) is 1. The number of nitrogens with zero attached hydrogens (tertiary/aromatic N) is 1. The molecule has 0 saturated carbocycles. The zero-order valence-electron chi connectivity index (χ0n) is 8.98. The van der Waals surface area contributed by atoms with Crippen LogP contribution in [0.3, 0.4) is 0 Å². The Morgan fingerprint density at radius 2 is 2.24 bits per heavy atom. The normalized spacial score (nSPS) is 9.94. The molecule has 1 aromatic carbocycles. The second-order valence-corrected chi connectivity index (χ2v) is 4.58. The molecule has 0 aromatic heterocycles. The van der Waals surface area contributed by atoms with E-state index in [0.29, 0.717) is 23.0 Å². The second-order valence-electron chi connectivity index (χ2n) is 3.42. The van der Waals surface area contributed by atoms with Gasteiger partial charge in [0.25, 0.3) is 5.69 Å². The molecule has 7 heteroatoms. The maximum absolute atomic E-state index is 10.6. The average molecular weight is 349 g/mol. The molecule has 1 rings (SSSR count). The summed E-state index contributed by atoms with van der Waals surface area (Å²) >= 11 is 1.92. The maximum atomic E-state index is 10.6. The predicted octanol–water partition coefficient (Wildman–Crippen LogP) is 1.88. The fourth-order valence-electron chi connectivity index (χ4n) is 1.26. The van der Waals surface area contributed by atoms with Gasteiger partial charge in [-0.15, -0.1) is 0 Å². The molecule has 0 radical (unpaired) electrons. The lowest BCUT2D eigenvalue weighted by molar-refractivity contribution is -0.385. The highest BCUT2D eigenvalue weighted by Crippen LogP contribution is 2.23. The lowest BCUT2D eigenvalue weighted by Gasteiger charge is -2.06. The summed E-state index contributed by atoms with van der Waals surface area (Å²) in [5, 5.41) is 13.7. The molecule has 0 aliphatic heterocycles. The number of carbonyl (C=O) groups is 1. The van der Waals surface area contributed by atoms with Gasteiger partial charge in [-0.25, -0.2) is 0 Å². The molecule has 0 aliphatic carbocycles. The van der Waals surface area contributed by atoms with Crippen molar-refractivity contribution < 1.29 is 9.72 Å². The van der Waals surface area contributed by atoms with E-state index in [1.165, 1.54) is 6.07 Å². The van der Waals surface area contributed by atoms with E-state index >= 15 is 0 Å². The third-order valence-electron chi connectivity index (χ3n) is 2.07. The molecule has 1 aromatic rings.